The zero-order valence-electron chi connectivity index (χ0n) is 5.78. The van der Waals surface area contributed by atoms with Crippen LogP contribution in [0.2, 0.25) is 0 Å². The molecule has 0 saturated heterocycles. The summed E-state index contributed by atoms with van der Waals surface area (Å²) in [6.45, 7) is 4.50. The van der Waals surface area contributed by atoms with E-state index in [9.17, 15) is 0 Å². The van der Waals surface area contributed by atoms with E-state index in [0.717, 1.165) is 0 Å². The molecule has 1 rings (SSSR count). The van der Waals surface area contributed by atoms with E-state index >= 15 is 0 Å². The van der Waals surface area contributed by atoms with Gasteiger partial charge in [-0.3, -0.25) is 0 Å². The van der Waals surface area contributed by atoms with Crippen LogP contribution < -0.4 is 5.73 Å². The predicted octanol–water partition coefficient (Wildman–Crippen LogP) is 1.52. The summed E-state index contributed by atoms with van der Waals surface area (Å²) in [7, 11) is 0. The standard InChI is InChI=1S/C7H15N/c1-3-4-7(2)5-6(7)8/h6H,3-5,8H2,1-2H3/t6-,7-/m0/s1. The normalized spacial score (nSPS) is 44.6. The number of hydrogen-bond acceptors (Lipinski definition) is 1. The third-order valence-corrected chi connectivity index (χ3v) is 2.24. The van der Waals surface area contributed by atoms with Gasteiger partial charge < -0.3 is 5.73 Å². The molecule has 1 aliphatic rings. The van der Waals surface area contributed by atoms with Crippen LogP contribution in [0.15, 0.2) is 0 Å². The van der Waals surface area contributed by atoms with E-state index in [1.54, 1.807) is 0 Å². The molecule has 1 saturated carbocycles. The molecule has 0 aliphatic heterocycles. The first-order valence-corrected chi connectivity index (χ1v) is 3.44. The lowest BCUT2D eigenvalue weighted by Crippen LogP contribution is -2.09. The molecule has 0 aromatic heterocycles. The lowest BCUT2D eigenvalue weighted by Gasteiger charge is -2.04. The lowest BCUT2D eigenvalue weighted by molar-refractivity contribution is 0.489. The van der Waals surface area contributed by atoms with Crippen molar-refractivity contribution in [3.05, 3.63) is 0 Å². The number of nitrogens with two attached hydrogens (primary N) is 1. The molecule has 0 aromatic carbocycles. The van der Waals surface area contributed by atoms with Gasteiger partial charge in [0.25, 0.3) is 0 Å². The van der Waals surface area contributed by atoms with Crippen molar-refractivity contribution >= 4 is 0 Å². The van der Waals surface area contributed by atoms with Crippen molar-refractivity contribution in [2.24, 2.45) is 11.1 Å². The summed E-state index contributed by atoms with van der Waals surface area (Å²) in [5.74, 6) is 0. The molecule has 0 radical (unpaired) electrons. The van der Waals surface area contributed by atoms with Crippen LogP contribution in [0, 0.1) is 5.41 Å². The molecule has 0 amide bonds. The average molecular weight is 113 g/mol. The van der Waals surface area contributed by atoms with Gasteiger partial charge in [0.2, 0.25) is 0 Å². The minimum atomic E-state index is 0.516. The molecule has 0 bridgehead atoms. The summed E-state index contributed by atoms with van der Waals surface area (Å²) in [6, 6.07) is 0.516. The Hall–Kier alpha value is -0.0400. The molecule has 1 nitrogen and oxygen atoms in total. The van der Waals surface area contributed by atoms with E-state index in [2.05, 4.69) is 13.8 Å². The molecular formula is C7H15N. The van der Waals surface area contributed by atoms with Gasteiger partial charge in [-0.1, -0.05) is 20.3 Å². The number of rotatable bonds is 2. The van der Waals surface area contributed by atoms with E-state index in [1.165, 1.54) is 19.3 Å². The first-order valence-electron chi connectivity index (χ1n) is 3.44. The first kappa shape index (κ1) is 6.09. The molecule has 2 N–H and O–H groups in total. The molecule has 0 unspecified atom stereocenters. The van der Waals surface area contributed by atoms with E-state index in [1.807, 2.05) is 0 Å². The SMILES string of the molecule is CCC[C@@]1(C)C[C@@H]1N. The van der Waals surface area contributed by atoms with Crippen LogP contribution in [0.3, 0.4) is 0 Å². The fourth-order valence-corrected chi connectivity index (χ4v) is 1.30. The lowest BCUT2D eigenvalue weighted by atomic mass is 10.0. The fraction of sp³-hybridized carbons (Fsp3) is 1.00. The molecule has 0 spiro atoms. The third-order valence-electron chi connectivity index (χ3n) is 2.24. The summed E-state index contributed by atoms with van der Waals surface area (Å²) in [6.07, 6.45) is 3.85. The van der Waals surface area contributed by atoms with Crippen LogP contribution in [-0.2, 0) is 0 Å². The second kappa shape index (κ2) is 1.73. The minimum Gasteiger partial charge on any atom is -0.327 e. The van der Waals surface area contributed by atoms with Crippen molar-refractivity contribution in [3.63, 3.8) is 0 Å². The highest BCUT2D eigenvalue weighted by atomic mass is 14.8. The van der Waals surface area contributed by atoms with Crippen LogP contribution >= 0.6 is 0 Å². The van der Waals surface area contributed by atoms with Crippen LogP contribution in [0.4, 0.5) is 0 Å². The van der Waals surface area contributed by atoms with Gasteiger partial charge >= 0.3 is 0 Å². The van der Waals surface area contributed by atoms with E-state index in [-0.39, 0.29) is 0 Å². The van der Waals surface area contributed by atoms with Gasteiger partial charge in [0, 0.05) is 6.04 Å². The second-order valence-corrected chi connectivity index (χ2v) is 3.21. The Morgan fingerprint density at radius 1 is 1.75 bits per heavy atom. The minimum absolute atomic E-state index is 0.516. The molecule has 1 aliphatic carbocycles. The van der Waals surface area contributed by atoms with Crippen molar-refractivity contribution in [2.75, 3.05) is 0 Å². The second-order valence-electron chi connectivity index (χ2n) is 3.21. The maximum Gasteiger partial charge on any atom is 0.00992 e. The largest absolute Gasteiger partial charge is 0.327 e. The third kappa shape index (κ3) is 0.873. The quantitative estimate of drug-likeness (QED) is 0.577. The Balaban J connectivity index is 2.25. The van der Waals surface area contributed by atoms with Crippen molar-refractivity contribution < 1.29 is 0 Å². The highest BCUT2D eigenvalue weighted by Crippen LogP contribution is 2.47. The Labute approximate surface area is 51.3 Å². The maximum absolute atomic E-state index is 5.69. The van der Waals surface area contributed by atoms with Gasteiger partial charge in [-0.2, -0.15) is 0 Å². The summed E-state index contributed by atoms with van der Waals surface area (Å²) in [5.41, 5.74) is 6.22. The first-order chi connectivity index (χ1) is 3.69. The molecule has 0 heterocycles. The molecular weight excluding hydrogens is 98.1 g/mol. The Kier molecular flexibility index (Phi) is 1.31. The summed E-state index contributed by atoms with van der Waals surface area (Å²) >= 11 is 0. The molecule has 2 atom stereocenters. The fourth-order valence-electron chi connectivity index (χ4n) is 1.30. The predicted molar refractivity (Wildman–Crippen MR) is 35.6 cm³/mol. The van der Waals surface area contributed by atoms with Crippen molar-refractivity contribution in [3.8, 4) is 0 Å². The van der Waals surface area contributed by atoms with Gasteiger partial charge in [0.05, 0.1) is 0 Å². The summed E-state index contributed by atoms with van der Waals surface area (Å²) in [5, 5.41) is 0. The number of hydrogen-bond donors (Lipinski definition) is 1. The van der Waals surface area contributed by atoms with Crippen molar-refractivity contribution in [1.82, 2.24) is 0 Å². The van der Waals surface area contributed by atoms with Crippen LogP contribution in [-0.4, -0.2) is 6.04 Å². The van der Waals surface area contributed by atoms with Crippen LogP contribution in [0.25, 0.3) is 0 Å². The molecule has 8 heavy (non-hydrogen) atoms. The molecule has 48 valence electrons. The van der Waals surface area contributed by atoms with Gasteiger partial charge in [0.15, 0.2) is 0 Å². The smallest absolute Gasteiger partial charge is 0.00992 e. The maximum atomic E-state index is 5.69. The zero-order chi connectivity index (χ0) is 6.20. The average Bonchev–Trinajstić information content (AvgIpc) is 2.16. The summed E-state index contributed by atoms with van der Waals surface area (Å²) < 4.78 is 0. The molecule has 0 aromatic rings. The Bertz CT molecular complexity index is 90.4. The highest BCUT2D eigenvalue weighted by molar-refractivity contribution is 5.01. The highest BCUT2D eigenvalue weighted by Gasteiger charge is 2.45. The summed E-state index contributed by atoms with van der Waals surface area (Å²) in [4.78, 5) is 0. The van der Waals surface area contributed by atoms with E-state index in [0.29, 0.717) is 11.5 Å². The topological polar surface area (TPSA) is 26.0 Å². The molecule has 1 heteroatoms. The van der Waals surface area contributed by atoms with E-state index < -0.39 is 0 Å². The van der Waals surface area contributed by atoms with Crippen LogP contribution in [0.5, 0.6) is 0 Å². The van der Waals surface area contributed by atoms with Crippen molar-refractivity contribution in [1.29, 1.82) is 0 Å². The zero-order valence-corrected chi connectivity index (χ0v) is 5.78. The van der Waals surface area contributed by atoms with Crippen LogP contribution in [0.1, 0.15) is 33.1 Å². The van der Waals surface area contributed by atoms with Gasteiger partial charge in [0.1, 0.15) is 0 Å². The molecule has 1 fully saturated rings. The van der Waals surface area contributed by atoms with Gasteiger partial charge in [-0.05, 0) is 18.3 Å². The van der Waals surface area contributed by atoms with Crippen molar-refractivity contribution in [2.45, 2.75) is 39.2 Å². The Morgan fingerprint density at radius 3 is 2.38 bits per heavy atom. The monoisotopic (exact) mass is 113 g/mol. The van der Waals surface area contributed by atoms with Gasteiger partial charge in [-0.25, -0.2) is 0 Å². The van der Waals surface area contributed by atoms with E-state index in [4.69, 9.17) is 5.73 Å². The van der Waals surface area contributed by atoms with Gasteiger partial charge in [-0.15, -0.1) is 0 Å². The Morgan fingerprint density at radius 2 is 2.25 bits per heavy atom.